The van der Waals surface area contributed by atoms with E-state index < -0.39 is 11.9 Å². The lowest BCUT2D eigenvalue weighted by Gasteiger charge is -2.09. The number of hydrogen-bond donors (Lipinski definition) is 2. The molecule has 0 bridgehead atoms. The molecule has 3 N–H and O–H groups in total. The van der Waals surface area contributed by atoms with Crippen LogP contribution in [0.4, 0.5) is 10.2 Å². The van der Waals surface area contributed by atoms with E-state index in [1.54, 1.807) is 0 Å². The standard InChI is InChI=1S/C18H18FN3O2/c1-2-3-4-10-24-14-7-5-6-13(11-14)12-21-18(23)15-8-9-16(19)22-17(15)20/h1,5-9,11H,3-4,10,12H2,(H2,20,22)(H,21,23). The van der Waals surface area contributed by atoms with Gasteiger partial charge in [0.15, 0.2) is 0 Å². The number of hydrogen-bond acceptors (Lipinski definition) is 4. The molecule has 24 heavy (non-hydrogen) atoms. The molecule has 0 aliphatic rings. The molecular weight excluding hydrogens is 309 g/mol. The molecule has 0 fully saturated rings. The fourth-order valence-corrected chi connectivity index (χ4v) is 2.03. The summed E-state index contributed by atoms with van der Waals surface area (Å²) >= 11 is 0. The van der Waals surface area contributed by atoms with Crippen LogP contribution in [0, 0.1) is 18.3 Å². The molecule has 1 heterocycles. The number of nitrogens with one attached hydrogen (secondary N) is 1. The number of carbonyl (C=O) groups excluding carboxylic acids is 1. The first-order valence-corrected chi connectivity index (χ1v) is 7.45. The van der Waals surface area contributed by atoms with Crippen LogP contribution in [0.15, 0.2) is 36.4 Å². The van der Waals surface area contributed by atoms with Gasteiger partial charge >= 0.3 is 0 Å². The Morgan fingerprint density at radius 3 is 2.96 bits per heavy atom. The van der Waals surface area contributed by atoms with Gasteiger partial charge in [-0.15, -0.1) is 12.3 Å². The smallest absolute Gasteiger partial charge is 0.255 e. The SMILES string of the molecule is C#CCCCOc1cccc(CNC(=O)c2ccc(F)nc2N)c1. The molecule has 2 aromatic rings. The Morgan fingerprint density at radius 2 is 2.21 bits per heavy atom. The zero-order valence-corrected chi connectivity index (χ0v) is 13.1. The summed E-state index contributed by atoms with van der Waals surface area (Å²) in [6.07, 6.45) is 6.64. The number of ether oxygens (including phenoxy) is 1. The number of terminal acetylenes is 1. The van der Waals surface area contributed by atoms with Crippen molar-refractivity contribution in [2.75, 3.05) is 12.3 Å². The third-order valence-corrected chi connectivity index (χ3v) is 3.22. The summed E-state index contributed by atoms with van der Waals surface area (Å²) in [6, 6.07) is 9.77. The van der Waals surface area contributed by atoms with E-state index in [0.29, 0.717) is 18.8 Å². The van der Waals surface area contributed by atoms with Gasteiger partial charge in [0.1, 0.15) is 11.6 Å². The van der Waals surface area contributed by atoms with E-state index in [1.807, 2.05) is 24.3 Å². The molecule has 0 atom stereocenters. The van der Waals surface area contributed by atoms with Gasteiger partial charge in [-0.05, 0) is 36.2 Å². The van der Waals surface area contributed by atoms with Crippen molar-refractivity contribution in [3.8, 4) is 18.1 Å². The lowest BCUT2D eigenvalue weighted by atomic mass is 10.2. The van der Waals surface area contributed by atoms with E-state index in [9.17, 15) is 9.18 Å². The number of aromatic nitrogens is 1. The number of amides is 1. The molecule has 0 spiro atoms. The number of anilines is 1. The number of rotatable bonds is 7. The fraction of sp³-hybridized carbons (Fsp3) is 0.222. The number of carbonyl (C=O) groups is 1. The minimum absolute atomic E-state index is 0.137. The van der Waals surface area contributed by atoms with Gasteiger partial charge < -0.3 is 15.8 Å². The fourth-order valence-electron chi connectivity index (χ4n) is 2.03. The minimum Gasteiger partial charge on any atom is -0.494 e. The molecule has 124 valence electrons. The summed E-state index contributed by atoms with van der Waals surface area (Å²) in [4.78, 5) is 15.5. The number of nitrogens with two attached hydrogens (primary N) is 1. The van der Waals surface area contributed by atoms with Crippen molar-refractivity contribution in [3.05, 3.63) is 53.5 Å². The lowest BCUT2D eigenvalue weighted by molar-refractivity contribution is 0.0951. The zero-order valence-electron chi connectivity index (χ0n) is 13.1. The summed E-state index contributed by atoms with van der Waals surface area (Å²) in [5.74, 6) is 1.98. The third kappa shape index (κ3) is 4.99. The molecule has 1 aromatic carbocycles. The van der Waals surface area contributed by atoms with Gasteiger partial charge in [-0.1, -0.05) is 12.1 Å². The van der Waals surface area contributed by atoms with Crippen LogP contribution in [0.2, 0.25) is 0 Å². The van der Waals surface area contributed by atoms with Crippen LogP contribution < -0.4 is 15.8 Å². The second-order valence-electron chi connectivity index (χ2n) is 5.05. The molecule has 1 amide bonds. The average Bonchev–Trinajstić information content (AvgIpc) is 2.57. The van der Waals surface area contributed by atoms with E-state index in [0.717, 1.165) is 18.1 Å². The van der Waals surface area contributed by atoms with Crippen LogP contribution in [0.1, 0.15) is 28.8 Å². The quantitative estimate of drug-likeness (QED) is 0.465. The number of pyridine rings is 1. The van der Waals surface area contributed by atoms with Crippen molar-refractivity contribution in [2.24, 2.45) is 0 Å². The molecule has 2 rings (SSSR count). The Morgan fingerprint density at radius 1 is 1.38 bits per heavy atom. The van der Waals surface area contributed by atoms with Gasteiger partial charge in [-0.2, -0.15) is 4.39 Å². The van der Waals surface area contributed by atoms with Crippen LogP contribution in [-0.4, -0.2) is 17.5 Å². The number of nitrogen functional groups attached to an aromatic ring is 1. The number of nitrogens with zero attached hydrogens (tertiary/aromatic N) is 1. The van der Waals surface area contributed by atoms with Crippen LogP contribution in [0.25, 0.3) is 0 Å². The second kappa shape index (κ2) is 8.53. The van der Waals surface area contributed by atoms with Crippen molar-refractivity contribution in [1.82, 2.24) is 10.3 Å². The highest BCUT2D eigenvalue weighted by atomic mass is 19.1. The van der Waals surface area contributed by atoms with Gasteiger partial charge in [0.25, 0.3) is 5.91 Å². The van der Waals surface area contributed by atoms with Crippen LogP contribution in [-0.2, 0) is 6.54 Å². The Balaban J connectivity index is 1.91. The molecule has 6 heteroatoms. The summed E-state index contributed by atoms with van der Waals surface area (Å²) in [6.45, 7) is 0.828. The lowest BCUT2D eigenvalue weighted by Crippen LogP contribution is -2.24. The summed E-state index contributed by atoms with van der Waals surface area (Å²) < 4.78 is 18.5. The highest BCUT2D eigenvalue weighted by Gasteiger charge is 2.11. The Kier molecular flexibility index (Phi) is 6.15. The first-order valence-electron chi connectivity index (χ1n) is 7.45. The predicted molar refractivity (Wildman–Crippen MR) is 89.8 cm³/mol. The zero-order chi connectivity index (χ0) is 17.4. The normalized spacial score (nSPS) is 10.0. The van der Waals surface area contributed by atoms with Gasteiger partial charge in [-0.3, -0.25) is 4.79 Å². The Bertz CT molecular complexity index is 756. The topological polar surface area (TPSA) is 77.2 Å². The minimum atomic E-state index is -0.723. The number of unbranched alkanes of at least 4 members (excludes halogenated alkanes) is 1. The van der Waals surface area contributed by atoms with Crippen molar-refractivity contribution < 1.29 is 13.9 Å². The largest absolute Gasteiger partial charge is 0.494 e. The molecule has 0 radical (unpaired) electrons. The van der Waals surface area contributed by atoms with E-state index in [1.165, 1.54) is 6.07 Å². The highest BCUT2D eigenvalue weighted by molar-refractivity contribution is 5.98. The van der Waals surface area contributed by atoms with Crippen molar-refractivity contribution >= 4 is 11.7 Å². The van der Waals surface area contributed by atoms with Crippen molar-refractivity contribution in [3.63, 3.8) is 0 Å². The van der Waals surface area contributed by atoms with E-state index >= 15 is 0 Å². The van der Waals surface area contributed by atoms with Crippen LogP contribution in [0.5, 0.6) is 5.75 Å². The van der Waals surface area contributed by atoms with E-state index in [4.69, 9.17) is 16.9 Å². The average molecular weight is 327 g/mol. The first kappa shape index (κ1) is 17.3. The molecule has 1 aromatic heterocycles. The second-order valence-corrected chi connectivity index (χ2v) is 5.05. The monoisotopic (exact) mass is 327 g/mol. The van der Waals surface area contributed by atoms with E-state index in [2.05, 4.69) is 16.2 Å². The Hall–Kier alpha value is -3.07. The van der Waals surface area contributed by atoms with Crippen LogP contribution in [0.3, 0.4) is 0 Å². The van der Waals surface area contributed by atoms with Crippen LogP contribution >= 0.6 is 0 Å². The maximum Gasteiger partial charge on any atom is 0.255 e. The van der Waals surface area contributed by atoms with Gasteiger partial charge in [0, 0.05) is 13.0 Å². The molecule has 0 aliphatic heterocycles. The highest BCUT2D eigenvalue weighted by Crippen LogP contribution is 2.14. The van der Waals surface area contributed by atoms with Crippen molar-refractivity contribution in [2.45, 2.75) is 19.4 Å². The number of benzene rings is 1. The predicted octanol–water partition coefficient (Wildman–Crippen LogP) is 2.53. The molecule has 0 aliphatic carbocycles. The Labute approximate surface area is 140 Å². The summed E-state index contributed by atoms with van der Waals surface area (Å²) in [5, 5.41) is 2.72. The summed E-state index contributed by atoms with van der Waals surface area (Å²) in [7, 11) is 0. The molecule has 0 saturated heterocycles. The molecule has 0 saturated carbocycles. The maximum absolute atomic E-state index is 12.9. The van der Waals surface area contributed by atoms with Gasteiger partial charge in [0.2, 0.25) is 5.95 Å². The molecule has 5 nitrogen and oxygen atoms in total. The first-order chi connectivity index (χ1) is 11.6. The van der Waals surface area contributed by atoms with Gasteiger partial charge in [-0.25, -0.2) is 4.98 Å². The van der Waals surface area contributed by atoms with Crippen molar-refractivity contribution in [1.29, 1.82) is 0 Å². The maximum atomic E-state index is 12.9. The third-order valence-electron chi connectivity index (χ3n) is 3.22. The molecule has 0 unspecified atom stereocenters. The van der Waals surface area contributed by atoms with Gasteiger partial charge in [0.05, 0.1) is 12.2 Å². The van der Waals surface area contributed by atoms with E-state index in [-0.39, 0.29) is 17.9 Å². The summed E-state index contributed by atoms with van der Waals surface area (Å²) in [5.41, 5.74) is 6.55. The number of halogens is 1. The molecular formula is C18H18FN3O2.